The number of fused-ring (bicyclic) bond motifs is 1. The maximum Gasteiger partial charge on any atom is 0.335 e. The van der Waals surface area contributed by atoms with Gasteiger partial charge in [0.25, 0.3) is 5.91 Å². The lowest BCUT2D eigenvalue weighted by Gasteiger charge is -2.13. The zero-order chi connectivity index (χ0) is 14.3. The second-order valence-corrected chi connectivity index (χ2v) is 4.88. The van der Waals surface area contributed by atoms with E-state index in [9.17, 15) is 9.59 Å². The fraction of sp³-hybridized carbons (Fsp3) is 0.200. The molecular formula is C15H13NO4. The third kappa shape index (κ3) is 1.97. The quantitative estimate of drug-likeness (QED) is 0.910. The first-order valence-electron chi connectivity index (χ1n) is 6.24. The first-order chi connectivity index (χ1) is 9.56. The van der Waals surface area contributed by atoms with Gasteiger partial charge in [0.2, 0.25) is 0 Å². The highest BCUT2D eigenvalue weighted by molar-refractivity contribution is 5.93. The van der Waals surface area contributed by atoms with Crippen LogP contribution in [0.1, 0.15) is 37.6 Å². The van der Waals surface area contributed by atoms with Gasteiger partial charge >= 0.3 is 5.97 Å². The molecule has 0 fully saturated rings. The van der Waals surface area contributed by atoms with Gasteiger partial charge in [0.05, 0.1) is 11.8 Å². The van der Waals surface area contributed by atoms with E-state index >= 15 is 0 Å². The van der Waals surface area contributed by atoms with Gasteiger partial charge in [-0.25, -0.2) is 4.79 Å². The van der Waals surface area contributed by atoms with Crippen LogP contribution >= 0.6 is 0 Å². The number of furan rings is 1. The molecule has 2 aromatic rings. The number of carboxylic acids is 1. The normalized spacial score (nSPS) is 13.3. The molecule has 2 heterocycles. The van der Waals surface area contributed by atoms with Crippen LogP contribution in [0.4, 0.5) is 0 Å². The number of rotatable bonds is 2. The summed E-state index contributed by atoms with van der Waals surface area (Å²) >= 11 is 0. The first-order valence-corrected chi connectivity index (χ1v) is 6.24. The van der Waals surface area contributed by atoms with Gasteiger partial charge in [0, 0.05) is 18.7 Å². The fourth-order valence-corrected chi connectivity index (χ4v) is 2.41. The number of nitrogens with zero attached hydrogens (tertiary/aromatic N) is 1. The second kappa shape index (κ2) is 4.52. The van der Waals surface area contributed by atoms with Crippen LogP contribution in [0, 0.1) is 6.92 Å². The molecule has 1 N–H and O–H groups in total. The van der Waals surface area contributed by atoms with Crippen LogP contribution in [0.25, 0.3) is 0 Å². The number of aryl methyl sites for hydroxylation is 1. The number of carbonyl (C=O) groups is 2. The summed E-state index contributed by atoms with van der Waals surface area (Å²) in [5.41, 5.74) is 2.90. The summed E-state index contributed by atoms with van der Waals surface area (Å²) in [5, 5.41) is 8.98. The summed E-state index contributed by atoms with van der Waals surface area (Å²) < 4.78 is 5.21. The Labute approximate surface area is 115 Å². The van der Waals surface area contributed by atoms with E-state index in [1.54, 1.807) is 29.2 Å². The molecule has 5 nitrogen and oxygen atoms in total. The standard InChI is InChI=1S/C15H13NO4/c1-9-4-5-20-13(9)14(17)16-7-11-3-2-10(15(18)19)6-12(11)8-16/h2-6H,7-8H2,1H3,(H,18,19). The molecule has 1 aromatic heterocycles. The van der Waals surface area contributed by atoms with Crippen LogP contribution in [0.2, 0.25) is 0 Å². The highest BCUT2D eigenvalue weighted by Gasteiger charge is 2.27. The average Bonchev–Trinajstić information content (AvgIpc) is 3.02. The minimum Gasteiger partial charge on any atom is -0.478 e. The average molecular weight is 271 g/mol. The van der Waals surface area contributed by atoms with Crippen molar-refractivity contribution in [1.29, 1.82) is 0 Å². The van der Waals surface area contributed by atoms with E-state index in [1.165, 1.54) is 6.26 Å². The van der Waals surface area contributed by atoms with Crippen LogP contribution in [0.15, 0.2) is 34.9 Å². The lowest BCUT2D eigenvalue weighted by Crippen LogP contribution is -2.25. The number of hydrogen-bond donors (Lipinski definition) is 1. The number of aromatic carboxylic acids is 1. The van der Waals surface area contributed by atoms with Gasteiger partial charge in [-0.1, -0.05) is 6.07 Å². The summed E-state index contributed by atoms with van der Waals surface area (Å²) in [6, 6.07) is 6.70. The first kappa shape index (κ1) is 12.5. The molecule has 0 atom stereocenters. The summed E-state index contributed by atoms with van der Waals surface area (Å²) in [4.78, 5) is 24.9. The van der Waals surface area contributed by atoms with Gasteiger partial charge < -0.3 is 14.4 Å². The number of carboxylic acid groups (broad SMARTS) is 1. The lowest BCUT2D eigenvalue weighted by molar-refractivity contribution is 0.0695. The highest BCUT2D eigenvalue weighted by Crippen LogP contribution is 2.26. The van der Waals surface area contributed by atoms with E-state index in [4.69, 9.17) is 9.52 Å². The molecule has 0 aliphatic carbocycles. The Bertz CT molecular complexity index is 702. The van der Waals surface area contributed by atoms with E-state index in [1.807, 2.05) is 6.92 Å². The van der Waals surface area contributed by atoms with Crippen LogP contribution in [-0.4, -0.2) is 21.9 Å². The van der Waals surface area contributed by atoms with Crippen molar-refractivity contribution in [2.75, 3.05) is 0 Å². The summed E-state index contributed by atoms with van der Waals surface area (Å²) in [7, 11) is 0. The smallest absolute Gasteiger partial charge is 0.335 e. The maximum absolute atomic E-state index is 12.3. The molecule has 0 spiro atoms. The second-order valence-electron chi connectivity index (χ2n) is 4.88. The van der Waals surface area contributed by atoms with Gasteiger partial charge in [-0.15, -0.1) is 0 Å². The minimum absolute atomic E-state index is 0.166. The molecule has 102 valence electrons. The Morgan fingerprint density at radius 1 is 1.20 bits per heavy atom. The van der Waals surface area contributed by atoms with Gasteiger partial charge in [0.1, 0.15) is 0 Å². The molecule has 0 bridgehead atoms. The SMILES string of the molecule is Cc1ccoc1C(=O)N1Cc2ccc(C(=O)O)cc2C1. The van der Waals surface area contributed by atoms with Crippen molar-refractivity contribution in [3.8, 4) is 0 Å². The lowest BCUT2D eigenvalue weighted by atomic mass is 10.1. The topological polar surface area (TPSA) is 70.8 Å². The van der Waals surface area contributed by atoms with Crippen LogP contribution < -0.4 is 0 Å². The molecule has 3 rings (SSSR count). The monoisotopic (exact) mass is 271 g/mol. The van der Waals surface area contributed by atoms with Crippen molar-refractivity contribution >= 4 is 11.9 Å². The molecule has 1 aliphatic rings. The zero-order valence-electron chi connectivity index (χ0n) is 10.9. The van der Waals surface area contributed by atoms with Gasteiger partial charge in [-0.05, 0) is 36.2 Å². The summed E-state index contributed by atoms with van der Waals surface area (Å²) in [5.74, 6) is -0.781. The Hall–Kier alpha value is -2.56. The summed E-state index contributed by atoms with van der Waals surface area (Å²) in [6.07, 6.45) is 1.49. The van der Waals surface area contributed by atoms with Gasteiger partial charge in [-0.2, -0.15) is 0 Å². The van der Waals surface area contributed by atoms with E-state index < -0.39 is 5.97 Å². The van der Waals surface area contributed by atoms with Crippen molar-refractivity contribution in [2.45, 2.75) is 20.0 Å². The molecule has 1 aliphatic heterocycles. The molecule has 1 aromatic carbocycles. The predicted molar refractivity (Wildman–Crippen MR) is 70.4 cm³/mol. The van der Waals surface area contributed by atoms with Gasteiger partial charge in [0.15, 0.2) is 5.76 Å². The van der Waals surface area contributed by atoms with Crippen LogP contribution in [0.5, 0.6) is 0 Å². The van der Waals surface area contributed by atoms with Gasteiger partial charge in [-0.3, -0.25) is 4.79 Å². The van der Waals surface area contributed by atoms with E-state index in [0.717, 1.165) is 16.7 Å². The Morgan fingerprint density at radius 3 is 2.60 bits per heavy atom. The molecule has 5 heteroatoms. The third-order valence-electron chi connectivity index (χ3n) is 3.52. The zero-order valence-corrected chi connectivity index (χ0v) is 10.9. The highest BCUT2D eigenvalue weighted by atomic mass is 16.4. The van der Waals surface area contributed by atoms with Crippen molar-refractivity contribution in [2.24, 2.45) is 0 Å². The summed E-state index contributed by atoms with van der Waals surface area (Å²) in [6.45, 7) is 2.71. The van der Waals surface area contributed by atoms with Crippen LogP contribution in [0.3, 0.4) is 0 Å². The Kier molecular flexibility index (Phi) is 2.82. The largest absolute Gasteiger partial charge is 0.478 e. The Balaban J connectivity index is 1.85. The number of amides is 1. The molecule has 0 saturated heterocycles. The molecule has 1 amide bonds. The molecular weight excluding hydrogens is 258 g/mol. The molecule has 0 radical (unpaired) electrons. The molecule has 0 saturated carbocycles. The van der Waals surface area contributed by atoms with E-state index in [-0.39, 0.29) is 11.5 Å². The van der Waals surface area contributed by atoms with E-state index in [0.29, 0.717) is 18.8 Å². The third-order valence-corrected chi connectivity index (χ3v) is 3.52. The number of carbonyl (C=O) groups excluding carboxylic acids is 1. The molecule has 0 unspecified atom stereocenters. The van der Waals surface area contributed by atoms with Crippen molar-refractivity contribution in [3.63, 3.8) is 0 Å². The Morgan fingerprint density at radius 2 is 1.95 bits per heavy atom. The maximum atomic E-state index is 12.3. The minimum atomic E-state index is -0.959. The van der Waals surface area contributed by atoms with E-state index in [2.05, 4.69) is 0 Å². The number of benzene rings is 1. The predicted octanol–water partition coefficient (Wildman–Crippen LogP) is 2.44. The number of hydrogen-bond acceptors (Lipinski definition) is 3. The molecule has 20 heavy (non-hydrogen) atoms. The van der Waals surface area contributed by atoms with Crippen molar-refractivity contribution < 1.29 is 19.1 Å². The fourth-order valence-electron chi connectivity index (χ4n) is 2.41. The van der Waals surface area contributed by atoms with Crippen LogP contribution in [-0.2, 0) is 13.1 Å². The van der Waals surface area contributed by atoms with Crippen molar-refractivity contribution in [1.82, 2.24) is 4.90 Å². The van der Waals surface area contributed by atoms with Crippen molar-refractivity contribution in [3.05, 3.63) is 58.5 Å².